The summed E-state index contributed by atoms with van der Waals surface area (Å²) in [7, 11) is 0. The van der Waals surface area contributed by atoms with Crippen LogP contribution in [0.3, 0.4) is 0 Å². The van der Waals surface area contributed by atoms with E-state index in [1.54, 1.807) is 11.8 Å². The van der Waals surface area contributed by atoms with Gasteiger partial charge in [-0.2, -0.15) is 0 Å². The molecule has 2 amide bonds. The van der Waals surface area contributed by atoms with Crippen molar-refractivity contribution in [2.24, 2.45) is 0 Å². The average Bonchev–Trinajstić information content (AvgIpc) is 2.86. The minimum Gasteiger partial charge on any atom is -0.465 e. The standard InChI is InChI=1S/C13H19N3O3/c1-3-19-12(17)9-14-13(18)16-8-7-15-6-4-5-11(15)10(16)2/h4-6,10H,3,7-9H2,1-2H3,(H,14,18)/t10-/m1/s1. The van der Waals surface area contributed by atoms with Gasteiger partial charge in [-0.05, 0) is 26.0 Å². The molecule has 104 valence electrons. The molecule has 1 N–H and O–H groups in total. The highest BCUT2D eigenvalue weighted by Gasteiger charge is 2.27. The maximum Gasteiger partial charge on any atom is 0.325 e. The Balaban J connectivity index is 1.92. The summed E-state index contributed by atoms with van der Waals surface area (Å²) in [4.78, 5) is 25.0. The van der Waals surface area contributed by atoms with Gasteiger partial charge in [-0.25, -0.2) is 4.79 Å². The second-order valence-corrected chi connectivity index (χ2v) is 4.46. The summed E-state index contributed by atoms with van der Waals surface area (Å²) in [5, 5.41) is 2.59. The van der Waals surface area contributed by atoms with Crippen molar-refractivity contribution in [3.05, 3.63) is 24.0 Å². The maximum atomic E-state index is 12.0. The fourth-order valence-electron chi connectivity index (χ4n) is 2.32. The van der Waals surface area contributed by atoms with Gasteiger partial charge in [-0.15, -0.1) is 0 Å². The first kappa shape index (κ1) is 13.5. The lowest BCUT2D eigenvalue weighted by Crippen LogP contribution is -2.47. The Hall–Kier alpha value is -1.98. The molecule has 0 aromatic carbocycles. The molecule has 0 saturated carbocycles. The number of ether oxygens (including phenoxy) is 1. The number of fused-ring (bicyclic) bond motifs is 1. The summed E-state index contributed by atoms with van der Waals surface area (Å²) in [6.07, 6.45) is 2.01. The third kappa shape index (κ3) is 2.89. The number of nitrogens with one attached hydrogen (secondary N) is 1. The van der Waals surface area contributed by atoms with E-state index in [9.17, 15) is 9.59 Å². The van der Waals surface area contributed by atoms with Gasteiger partial charge >= 0.3 is 12.0 Å². The van der Waals surface area contributed by atoms with Gasteiger partial charge in [0.2, 0.25) is 0 Å². The lowest BCUT2D eigenvalue weighted by molar-refractivity contribution is -0.141. The molecule has 6 heteroatoms. The molecule has 2 heterocycles. The Morgan fingerprint density at radius 3 is 3.00 bits per heavy atom. The van der Waals surface area contributed by atoms with E-state index in [0.717, 1.165) is 12.2 Å². The van der Waals surface area contributed by atoms with Crippen molar-refractivity contribution < 1.29 is 14.3 Å². The highest BCUT2D eigenvalue weighted by molar-refractivity contribution is 5.81. The molecule has 1 aromatic rings. The van der Waals surface area contributed by atoms with Crippen LogP contribution in [-0.2, 0) is 16.1 Å². The van der Waals surface area contributed by atoms with E-state index >= 15 is 0 Å². The Morgan fingerprint density at radius 2 is 2.26 bits per heavy atom. The van der Waals surface area contributed by atoms with Crippen molar-refractivity contribution in [2.45, 2.75) is 26.4 Å². The van der Waals surface area contributed by atoms with E-state index < -0.39 is 5.97 Å². The first-order chi connectivity index (χ1) is 9.13. The number of aromatic nitrogens is 1. The molecule has 1 atom stereocenters. The van der Waals surface area contributed by atoms with Crippen molar-refractivity contribution in [3.8, 4) is 0 Å². The van der Waals surface area contributed by atoms with Gasteiger partial charge in [0, 0.05) is 25.0 Å². The molecule has 0 unspecified atom stereocenters. The molecule has 19 heavy (non-hydrogen) atoms. The van der Waals surface area contributed by atoms with Gasteiger partial charge in [0.15, 0.2) is 0 Å². The normalized spacial score (nSPS) is 17.8. The van der Waals surface area contributed by atoms with Gasteiger partial charge < -0.3 is 19.5 Å². The smallest absolute Gasteiger partial charge is 0.325 e. The molecule has 0 bridgehead atoms. The predicted molar refractivity (Wildman–Crippen MR) is 69.6 cm³/mol. The third-order valence-corrected chi connectivity index (χ3v) is 3.29. The number of hydrogen-bond donors (Lipinski definition) is 1. The average molecular weight is 265 g/mol. The molecule has 0 radical (unpaired) electrons. The van der Waals surface area contributed by atoms with E-state index in [1.165, 1.54) is 0 Å². The molecule has 6 nitrogen and oxygen atoms in total. The predicted octanol–water partition coefficient (Wildman–Crippen LogP) is 1.14. The van der Waals surface area contributed by atoms with Gasteiger partial charge in [0.1, 0.15) is 6.54 Å². The van der Waals surface area contributed by atoms with Crippen LogP contribution in [0.5, 0.6) is 0 Å². The van der Waals surface area contributed by atoms with E-state index in [0.29, 0.717) is 13.2 Å². The summed E-state index contributed by atoms with van der Waals surface area (Å²) >= 11 is 0. The van der Waals surface area contributed by atoms with Crippen molar-refractivity contribution in [2.75, 3.05) is 19.7 Å². The van der Waals surface area contributed by atoms with Gasteiger partial charge in [-0.3, -0.25) is 4.79 Å². The third-order valence-electron chi connectivity index (χ3n) is 3.29. The molecule has 0 saturated heterocycles. The molecular weight excluding hydrogens is 246 g/mol. The van der Waals surface area contributed by atoms with E-state index in [2.05, 4.69) is 9.88 Å². The van der Waals surface area contributed by atoms with Crippen molar-refractivity contribution >= 4 is 12.0 Å². The highest BCUT2D eigenvalue weighted by atomic mass is 16.5. The van der Waals surface area contributed by atoms with Crippen molar-refractivity contribution in [3.63, 3.8) is 0 Å². The van der Waals surface area contributed by atoms with E-state index in [-0.39, 0.29) is 18.6 Å². The Bertz CT molecular complexity index is 469. The Kier molecular flexibility index (Phi) is 4.09. The Morgan fingerprint density at radius 1 is 1.47 bits per heavy atom. The lowest BCUT2D eigenvalue weighted by Gasteiger charge is -2.34. The molecule has 2 rings (SSSR count). The van der Waals surface area contributed by atoms with Crippen LogP contribution in [0.25, 0.3) is 0 Å². The zero-order valence-corrected chi connectivity index (χ0v) is 11.3. The minimum absolute atomic E-state index is 0.00551. The quantitative estimate of drug-likeness (QED) is 0.833. The largest absolute Gasteiger partial charge is 0.465 e. The van der Waals surface area contributed by atoms with Crippen LogP contribution in [0, 0.1) is 0 Å². The zero-order valence-electron chi connectivity index (χ0n) is 11.3. The number of rotatable bonds is 3. The summed E-state index contributed by atoms with van der Waals surface area (Å²) < 4.78 is 6.91. The fraction of sp³-hybridized carbons (Fsp3) is 0.538. The van der Waals surface area contributed by atoms with E-state index in [4.69, 9.17) is 4.74 Å². The van der Waals surface area contributed by atoms with Crippen molar-refractivity contribution in [1.29, 1.82) is 0 Å². The molecule has 1 aromatic heterocycles. The number of hydrogen-bond acceptors (Lipinski definition) is 3. The first-order valence-electron chi connectivity index (χ1n) is 6.48. The summed E-state index contributed by atoms with van der Waals surface area (Å²) in [6.45, 7) is 5.37. The van der Waals surface area contributed by atoms with Crippen LogP contribution < -0.4 is 5.32 Å². The Labute approximate surface area is 112 Å². The molecule has 0 fully saturated rings. The summed E-state index contributed by atoms with van der Waals surface area (Å²) in [5.74, 6) is -0.413. The second-order valence-electron chi connectivity index (χ2n) is 4.46. The second kappa shape index (κ2) is 5.77. The van der Waals surface area contributed by atoms with Crippen LogP contribution in [0.2, 0.25) is 0 Å². The molecule has 0 aliphatic carbocycles. The minimum atomic E-state index is -0.413. The van der Waals surface area contributed by atoms with Crippen LogP contribution >= 0.6 is 0 Å². The highest BCUT2D eigenvalue weighted by Crippen LogP contribution is 2.24. The number of carbonyl (C=O) groups excluding carboxylic acids is 2. The van der Waals surface area contributed by atoms with E-state index in [1.807, 2.05) is 25.3 Å². The van der Waals surface area contributed by atoms with Gasteiger partial charge in [-0.1, -0.05) is 0 Å². The zero-order chi connectivity index (χ0) is 13.8. The fourth-order valence-corrected chi connectivity index (χ4v) is 2.32. The molecular formula is C13H19N3O3. The molecule has 0 spiro atoms. The lowest BCUT2D eigenvalue weighted by atomic mass is 10.1. The number of carbonyl (C=O) groups is 2. The van der Waals surface area contributed by atoms with Crippen LogP contribution in [0.15, 0.2) is 18.3 Å². The topological polar surface area (TPSA) is 63.6 Å². The number of amides is 2. The van der Waals surface area contributed by atoms with Crippen LogP contribution in [-0.4, -0.2) is 41.2 Å². The SMILES string of the molecule is CCOC(=O)CNC(=O)N1CCn2cccc2[C@H]1C. The molecule has 1 aliphatic rings. The number of urea groups is 1. The van der Waals surface area contributed by atoms with Gasteiger partial charge in [0.05, 0.1) is 12.6 Å². The number of esters is 1. The van der Waals surface area contributed by atoms with Crippen LogP contribution in [0.1, 0.15) is 25.6 Å². The summed E-state index contributed by atoms with van der Waals surface area (Å²) in [5.41, 5.74) is 1.11. The monoisotopic (exact) mass is 265 g/mol. The first-order valence-corrected chi connectivity index (χ1v) is 6.48. The van der Waals surface area contributed by atoms with Gasteiger partial charge in [0.25, 0.3) is 0 Å². The number of nitrogens with zero attached hydrogens (tertiary/aromatic N) is 2. The maximum absolute atomic E-state index is 12.0. The van der Waals surface area contributed by atoms with Crippen LogP contribution in [0.4, 0.5) is 4.79 Å². The van der Waals surface area contributed by atoms with Crippen molar-refractivity contribution in [1.82, 2.24) is 14.8 Å². The summed E-state index contributed by atoms with van der Waals surface area (Å²) in [6, 6.07) is 3.76. The molecule has 1 aliphatic heterocycles.